The van der Waals surface area contributed by atoms with E-state index in [1.54, 1.807) is 6.92 Å². The third kappa shape index (κ3) is 2.92. The third-order valence-electron chi connectivity index (χ3n) is 2.64. The Bertz CT molecular complexity index is 392. The first-order valence-corrected chi connectivity index (χ1v) is 5.79. The Morgan fingerprint density at radius 3 is 2.56 bits per heavy atom. The lowest BCUT2D eigenvalue weighted by atomic mass is 10.2. The summed E-state index contributed by atoms with van der Waals surface area (Å²) >= 11 is 0. The summed E-state index contributed by atoms with van der Waals surface area (Å²) in [6, 6.07) is 0. The van der Waals surface area contributed by atoms with E-state index in [0.29, 0.717) is 18.0 Å². The van der Waals surface area contributed by atoms with Crippen molar-refractivity contribution in [3.05, 3.63) is 27.4 Å². The standard InChI is InChI=1S/C12H20N2O2/c1-5-7-10(16-6-2)11-13-9(4)8(3)12(15)14-11/h10H,5-7H2,1-4H3,(H,13,14,15). The van der Waals surface area contributed by atoms with Gasteiger partial charge in [0.2, 0.25) is 0 Å². The van der Waals surface area contributed by atoms with Crippen LogP contribution in [-0.2, 0) is 4.74 Å². The van der Waals surface area contributed by atoms with Crippen molar-refractivity contribution >= 4 is 0 Å². The molecule has 1 rings (SSSR count). The number of aromatic amines is 1. The van der Waals surface area contributed by atoms with Gasteiger partial charge in [-0.05, 0) is 27.2 Å². The minimum atomic E-state index is -0.0954. The lowest BCUT2D eigenvalue weighted by Crippen LogP contribution is -2.20. The third-order valence-corrected chi connectivity index (χ3v) is 2.64. The molecule has 0 aliphatic carbocycles. The molecule has 1 heterocycles. The van der Waals surface area contributed by atoms with Crippen LogP contribution in [0, 0.1) is 13.8 Å². The molecule has 4 heteroatoms. The van der Waals surface area contributed by atoms with E-state index in [2.05, 4.69) is 16.9 Å². The molecule has 0 radical (unpaired) electrons. The van der Waals surface area contributed by atoms with Crippen LogP contribution in [0.15, 0.2) is 4.79 Å². The Hall–Kier alpha value is -1.16. The fourth-order valence-electron chi connectivity index (χ4n) is 1.58. The quantitative estimate of drug-likeness (QED) is 0.834. The number of nitrogens with zero attached hydrogens (tertiary/aromatic N) is 1. The monoisotopic (exact) mass is 224 g/mol. The number of nitrogens with one attached hydrogen (secondary N) is 1. The molecule has 1 unspecified atom stereocenters. The first-order chi connectivity index (χ1) is 7.60. The van der Waals surface area contributed by atoms with Crippen LogP contribution in [0.5, 0.6) is 0 Å². The van der Waals surface area contributed by atoms with Gasteiger partial charge in [0.1, 0.15) is 11.9 Å². The summed E-state index contributed by atoms with van der Waals surface area (Å²) in [6.45, 7) is 8.29. The molecule has 0 amide bonds. The normalized spacial score (nSPS) is 12.8. The maximum absolute atomic E-state index is 11.6. The van der Waals surface area contributed by atoms with Gasteiger partial charge in [-0.3, -0.25) is 4.79 Å². The average Bonchev–Trinajstić information content (AvgIpc) is 2.25. The van der Waals surface area contributed by atoms with Gasteiger partial charge in [0, 0.05) is 17.9 Å². The highest BCUT2D eigenvalue weighted by Gasteiger charge is 2.14. The Morgan fingerprint density at radius 1 is 1.38 bits per heavy atom. The van der Waals surface area contributed by atoms with Gasteiger partial charge >= 0.3 is 0 Å². The van der Waals surface area contributed by atoms with E-state index in [-0.39, 0.29) is 11.7 Å². The van der Waals surface area contributed by atoms with Gasteiger partial charge in [-0.2, -0.15) is 0 Å². The van der Waals surface area contributed by atoms with Crippen molar-refractivity contribution in [3.63, 3.8) is 0 Å². The highest BCUT2D eigenvalue weighted by Crippen LogP contribution is 2.18. The van der Waals surface area contributed by atoms with Gasteiger partial charge in [0.25, 0.3) is 5.56 Å². The number of rotatable bonds is 5. The van der Waals surface area contributed by atoms with Crippen LogP contribution in [0.1, 0.15) is 49.9 Å². The lowest BCUT2D eigenvalue weighted by Gasteiger charge is -2.16. The van der Waals surface area contributed by atoms with Crippen molar-refractivity contribution < 1.29 is 4.74 Å². The predicted molar refractivity (Wildman–Crippen MR) is 63.6 cm³/mol. The molecular formula is C12H20N2O2. The summed E-state index contributed by atoms with van der Waals surface area (Å²) in [5.41, 5.74) is 1.39. The molecule has 1 N–H and O–H groups in total. The smallest absolute Gasteiger partial charge is 0.254 e. The molecule has 90 valence electrons. The molecule has 0 bridgehead atoms. The van der Waals surface area contributed by atoms with Gasteiger partial charge < -0.3 is 9.72 Å². The van der Waals surface area contributed by atoms with E-state index in [0.717, 1.165) is 18.5 Å². The van der Waals surface area contributed by atoms with Gasteiger partial charge in [-0.1, -0.05) is 13.3 Å². The first-order valence-electron chi connectivity index (χ1n) is 5.79. The van der Waals surface area contributed by atoms with Crippen LogP contribution < -0.4 is 5.56 Å². The van der Waals surface area contributed by atoms with Crippen molar-refractivity contribution in [2.75, 3.05) is 6.61 Å². The summed E-state index contributed by atoms with van der Waals surface area (Å²) in [5, 5.41) is 0. The van der Waals surface area contributed by atoms with E-state index in [1.807, 2.05) is 13.8 Å². The summed E-state index contributed by atoms with van der Waals surface area (Å²) in [5.74, 6) is 0.650. The Morgan fingerprint density at radius 2 is 2.06 bits per heavy atom. The zero-order valence-corrected chi connectivity index (χ0v) is 10.5. The highest BCUT2D eigenvalue weighted by molar-refractivity contribution is 5.14. The van der Waals surface area contributed by atoms with Crippen LogP contribution >= 0.6 is 0 Å². The summed E-state index contributed by atoms with van der Waals surface area (Å²) in [7, 11) is 0. The van der Waals surface area contributed by atoms with E-state index in [4.69, 9.17) is 4.74 Å². The van der Waals surface area contributed by atoms with Crippen molar-refractivity contribution in [2.45, 2.75) is 46.6 Å². The Balaban J connectivity index is 3.05. The zero-order chi connectivity index (χ0) is 12.1. The molecule has 0 spiro atoms. The zero-order valence-electron chi connectivity index (χ0n) is 10.5. The van der Waals surface area contributed by atoms with Gasteiger partial charge in [0.05, 0.1) is 0 Å². The van der Waals surface area contributed by atoms with Crippen molar-refractivity contribution in [3.8, 4) is 0 Å². The fourth-order valence-corrected chi connectivity index (χ4v) is 1.58. The van der Waals surface area contributed by atoms with Crippen molar-refractivity contribution in [2.24, 2.45) is 0 Å². The number of hydrogen-bond donors (Lipinski definition) is 1. The predicted octanol–water partition coefficient (Wildman–Crippen LogP) is 2.26. The van der Waals surface area contributed by atoms with Crippen LogP contribution in [-0.4, -0.2) is 16.6 Å². The van der Waals surface area contributed by atoms with Crippen molar-refractivity contribution in [1.29, 1.82) is 0 Å². The summed E-state index contributed by atoms with van der Waals surface area (Å²) in [6.07, 6.45) is 1.78. The fraction of sp³-hybridized carbons (Fsp3) is 0.667. The maximum Gasteiger partial charge on any atom is 0.254 e. The topological polar surface area (TPSA) is 55.0 Å². The molecule has 0 aliphatic rings. The number of hydrogen-bond acceptors (Lipinski definition) is 3. The van der Waals surface area contributed by atoms with Gasteiger partial charge in [0.15, 0.2) is 0 Å². The lowest BCUT2D eigenvalue weighted by molar-refractivity contribution is 0.0490. The second-order valence-corrected chi connectivity index (χ2v) is 3.89. The highest BCUT2D eigenvalue weighted by atomic mass is 16.5. The molecule has 1 atom stereocenters. The Kier molecular flexibility index (Phi) is 4.68. The van der Waals surface area contributed by atoms with E-state index in [9.17, 15) is 4.79 Å². The van der Waals surface area contributed by atoms with Crippen LogP contribution in [0.3, 0.4) is 0 Å². The molecule has 0 fully saturated rings. The summed E-state index contributed by atoms with van der Waals surface area (Å²) < 4.78 is 5.59. The molecular weight excluding hydrogens is 204 g/mol. The number of aromatic nitrogens is 2. The van der Waals surface area contributed by atoms with E-state index >= 15 is 0 Å². The van der Waals surface area contributed by atoms with Crippen LogP contribution in [0.25, 0.3) is 0 Å². The number of aryl methyl sites for hydroxylation is 1. The molecule has 4 nitrogen and oxygen atoms in total. The molecule has 0 aromatic carbocycles. The van der Waals surface area contributed by atoms with E-state index < -0.39 is 0 Å². The van der Waals surface area contributed by atoms with Gasteiger partial charge in [-0.15, -0.1) is 0 Å². The maximum atomic E-state index is 11.6. The van der Waals surface area contributed by atoms with Gasteiger partial charge in [-0.25, -0.2) is 4.98 Å². The molecule has 0 saturated heterocycles. The van der Waals surface area contributed by atoms with E-state index in [1.165, 1.54) is 0 Å². The average molecular weight is 224 g/mol. The minimum Gasteiger partial charge on any atom is -0.371 e. The molecule has 16 heavy (non-hydrogen) atoms. The molecule has 1 aromatic rings. The molecule has 0 aliphatic heterocycles. The van der Waals surface area contributed by atoms with Crippen LogP contribution in [0.2, 0.25) is 0 Å². The number of H-pyrrole nitrogens is 1. The van der Waals surface area contributed by atoms with Crippen molar-refractivity contribution in [1.82, 2.24) is 9.97 Å². The largest absolute Gasteiger partial charge is 0.371 e. The second kappa shape index (κ2) is 5.80. The summed E-state index contributed by atoms with van der Waals surface area (Å²) in [4.78, 5) is 18.8. The number of ether oxygens (including phenoxy) is 1. The first kappa shape index (κ1) is 12.9. The minimum absolute atomic E-state index is 0.0664. The second-order valence-electron chi connectivity index (χ2n) is 3.89. The Labute approximate surface area is 96.1 Å². The molecule has 0 saturated carbocycles. The SMILES string of the molecule is CCCC(OCC)c1nc(C)c(C)c(=O)[nH]1. The van der Waals surface area contributed by atoms with Crippen LogP contribution in [0.4, 0.5) is 0 Å². The molecule has 1 aromatic heterocycles.